The zero-order valence-corrected chi connectivity index (χ0v) is 10.4. The van der Waals surface area contributed by atoms with Crippen LogP contribution in [0, 0.1) is 0 Å². The van der Waals surface area contributed by atoms with Gasteiger partial charge in [-0.15, -0.1) is 0 Å². The summed E-state index contributed by atoms with van der Waals surface area (Å²) in [5.41, 5.74) is 1.29. The normalized spacial score (nSPS) is 21.4. The Morgan fingerprint density at radius 2 is 2.12 bits per heavy atom. The van der Waals surface area contributed by atoms with Crippen molar-refractivity contribution in [2.75, 3.05) is 53.1 Å². The highest BCUT2D eigenvalue weighted by Crippen LogP contribution is 2.13. The number of methoxy groups -OCH3 is 1. The molecule has 0 aromatic rings. The van der Waals surface area contributed by atoms with Crippen LogP contribution in [0.5, 0.6) is 0 Å². The van der Waals surface area contributed by atoms with Crippen molar-refractivity contribution in [2.45, 2.75) is 6.42 Å². The lowest BCUT2D eigenvalue weighted by Crippen LogP contribution is -2.49. The maximum Gasteiger partial charge on any atom is 0.320 e. The standard InChI is InChI=1S/C12H20N2O3/c1-16-10-11-2-4-13(5-3-11)12(15)14-6-8-17-9-7-14/h2H,3-10H2,1H3. The summed E-state index contributed by atoms with van der Waals surface area (Å²) >= 11 is 0. The van der Waals surface area contributed by atoms with Gasteiger partial charge in [-0.25, -0.2) is 4.79 Å². The summed E-state index contributed by atoms with van der Waals surface area (Å²) in [5, 5.41) is 0. The first-order valence-corrected chi connectivity index (χ1v) is 6.09. The van der Waals surface area contributed by atoms with E-state index >= 15 is 0 Å². The van der Waals surface area contributed by atoms with Crippen LogP contribution >= 0.6 is 0 Å². The number of hydrogen-bond donors (Lipinski definition) is 0. The predicted octanol–water partition coefficient (Wildman–Crippen LogP) is 0.717. The molecule has 2 rings (SSSR count). The SMILES string of the molecule is COCC1=CCN(C(=O)N2CCOCC2)CC1. The Morgan fingerprint density at radius 3 is 2.71 bits per heavy atom. The van der Waals surface area contributed by atoms with E-state index in [1.807, 2.05) is 9.80 Å². The van der Waals surface area contributed by atoms with Gasteiger partial charge in [-0.3, -0.25) is 0 Å². The third kappa shape index (κ3) is 3.20. The van der Waals surface area contributed by atoms with Gasteiger partial charge in [0.05, 0.1) is 19.8 Å². The topological polar surface area (TPSA) is 42.0 Å². The highest BCUT2D eigenvalue weighted by atomic mass is 16.5. The number of carbonyl (C=O) groups is 1. The molecule has 0 aliphatic carbocycles. The van der Waals surface area contributed by atoms with Gasteiger partial charge in [-0.2, -0.15) is 0 Å². The molecule has 0 aromatic heterocycles. The van der Waals surface area contributed by atoms with E-state index in [1.165, 1.54) is 5.57 Å². The van der Waals surface area contributed by atoms with E-state index in [0.29, 0.717) is 39.5 Å². The van der Waals surface area contributed by atoms with Gasteiger partial charge in [-0.1, -0.05) is 6.08 Å². The molecule has 0 unspecified atom stereocenters. The van der Waals surface area contributed by atoms with Crippen LogP contribution in [-0.2, 0) is 9.47 Å². The van der Waals surface area contributed by atoms with Crippen molar-refractivity contribution in [3.05, 3.63) is 11.6 Å². The minimum Gasteiger partial charge on any atom is -0.380 e. The van der Waals surface area contributed by atoms with Crippen molar-refractivity contribution in [3.8, 4) is 0 Å². The van der Waals surface area contributed by atoms with E-state index in [4.69, 9.17) is 9.47 Å². The summed E-state index contributed by atoms with van der Waals surface area (Å²) in [7, 11) is 1.70. The summed E-state index contributed by atoms with van der Waals surface area (Å²) in [6.07, 6.45) is 3.02. The highest BCUT2D eigenvalue weighted by molar-refractivity contribution is 5.75. The molecule has 0 saturated carbocycles. The fourth-order valence-electron chi connectivity index (χ4n) is 2.16. The number of carbonyl (C=O) groups excluding carboxylic acids is 1. The van der Waals surface area contributed by atoms with Gasteiger partial charge in [0.25, 0.3) is 0 Å². The molecule has 0 bridgehead atoms. The van der Waals surface area contributed by atoms with Crippen molar-refractivity contribution < 1.29 is 14.3 Å². The molecule has 96 valence electrons. The van der Waals surface area contributed by atoms with Crippen LogP contribution in [-0.4, -0.2) is 68.9 Å². The number of hydrogen-bond acceptors (Lipinski definition) is 3. The van der Waals surface area contributed by atoms with Crippen molar-refractivity contribution >= 4 is 6.03 Å². The Kier molecular flexibility index (Phi) is 4.39. The Balaban J connectivity index is 1.85. The minimum absolute atomic E-state index is 0.140. The number of urea groups is 1. The number of morpholine rings is 1. The first-order valence-electron chi connectivity index (χ1n) is 6.09. The molecule has 0 aromatic carbocycles. The first kappa shape index (κ1) is 12.4. The molecule has 1 fully saturated rings. The molecule has 2 amide bonds. The first-order chi connectivity index (χ1) is 8.31. The third-order valence-electron chi connectivity index (χ3n) is 3.19. The molecule has 0 N–H and O–H groups in total. The summed E-state index contributed by atoms with van der Waals surface area (Å²) in [6, 6.07) is 0.140. The molecule has 5 heteroatoms. The average Bonchev–Trinajstić information content (AvgIpc) is 2.40. The van der Waals surface area contributed by atoms with Crippen molar-refractivity contribution in [1.82, 2.24) is 9.80 Å². The molecule has 2 heterocycles. The lowest BCUT2D eigenvalue weighted by molar-refractivity contribution is 0.0438. The van der Waals surface area contributed by atoms with Crippen LogP contribution in [0.25, 0.3) is 0 Å². The molecule has 1 saturated heterocycles. The number of amides is 2. The lowest BCUT2D eigenvalue weighted by Gasteiger charge is -2.34. The second-order valence-corrected chi connectivity index (χ2v) is 4.37. The Bertz CT molecular complexity index is 298. The highest BCUT2D eigenvalue weighted by Gasteiger charge is 2.23. The van der Waals surface area contributed by atoms with Crippen LogP contribution in [0.15, 0.2) is 11.6 Å². The van der Waals surface area contributed by atoms with Crippen LogP contribution in [0.3, 0.4) is 0 Å². The minimum atomic E-state index is 0.140. The predicted molar refractivity (Wildman–Crippen MR) is 63.9 cm³/mol. The van der Waals surface area contributed by atoms with Gasteiger partial charge in [-0.05, 0) is 12.0 Å². The Hall–Kier alpha value is -1.07. The van der Waals surface area contributed by atoms with E-state index in [-0.39, 0.29) is 6.03 Å². The van der Waals surface area contributed by atoms with Crippen molar-refractivity contribution in [1.29, 1.82) is 0 Å². The molecule has 0 atom stereocenters. The molecular formula is C12H20N2O3. The zero-order chi connectivity index (χ0) is 12.1. The number of nitrogens with zero attached hydrogens (tertiary/aromatic N) is 2. The van der Waals surface area contributed by atoms with Gasteiger partial charge in [0, 0.05) is 33.3 Å². The lowest BCUT2D eigenvalue weighted by atomic mass is 10.1. The molecule has 0 spiro atoms. The van der Waals surface area contributed by atoms with Crippen molar-refractivity contribution in [3.63, 3.8) is 0 Å². The van der Waals surface area contributed by atoms with Gasteiger partial charge >= 0.3 is 6.03 Å². The summed E-state index contributed by atoms with van der Waals surface area (Å²) < 4.78 is 10.3. The fourth-order valence-corrected chi connectivity index (χ4v) is 2.16. The summed E-state index contributed by atoms with van der Waals surface area (Å²) in [4.78, 5) is 15.9. The van der Waals surface area contributed by atoms with E-state index in [1.54, 1.807) is 7.11 Å². The van der Waals surface area contributed by atoms with E-state index in [0.717, 1.165) is 13.0 Å². The van der Waals surface area contributed by atoms with Crippen LogP contribution in [0.4, 0.5) is 4.79 Å². The van der Waals surface area contributed by atoms with Crippen molar-refractivity contribution in [2.24, 2.45) is 0 Å². The van der Waals surface area contributed by atoms with Gasteiger partial charge in [0.15, 0.2) is 0 Å². The zero-order valence-electron chi connectivity index (χ0n) is 10.4. The second kappa shape index (κ2) is 6.02. The maximum atomic E-state index is 12.2. The third-order valence-corrected chi connectivity index (χ3v) is 3.19. The summed E-state index contributed by atoms with van der Waals surface area (Å²) in [5.74, 6) is 0. The molecular weight excluding hydrogens is 220 g/mol. The number of ether oxygens (including phenoxy) is 2. The van der Waals surface area contributed by atoms with Gasteiger partial charge in [0.2, 0.25) is 0 Å². The maximum absolute atomic E-state index is 12.2. The molecule has 5 nitrogen and oxygen atoms in total. The molecule has 2 aliphatic heterocycles. The van der Waals surface area contributed by atoms with Gasteiger partial charge in [0.1, 0.15) is 0 Å². The quantitative estimate of drug-likeness (QED) is 0.668. The largest absolute Gasteiger partial charge is 0.380 e. The second-order valence-electron chi connectivity index (χ2n) is 4.37. The average molecular weight is 240 g/mol. The molecule has 2 aliphatic rings. The smallest absolute Gasteiger partial charge is 0.320 e. The van der Waals surface area contributed by atoms with Gasteiger partial charge < -0.3 is 19.3 Å². The monoisotopic (exact) mass is 240 g/mol. The van der Waals surface area contributed by atoms with E-state index in [2.05, 4.69) is 6.08 Å². The molecule has 17 heavy (non-hydrogen) atoms. The van der Waals surface area contributed by atoms with E-state index < -0.39 is 0 Å². The summed E-state index contributed by atoms with van der Waals surface area (Å²) in [6.45, 7) is 4.92. The fraction of sp³-hybridized carbons (Fsp3) is 0.750. The van der Waals surface area contributed by atoms with Crippen LogP contribution in [0.2, 0.25) is 0 Å². The number of rotatable bonds is 2. The molecule has 0 radical (unpaired) electrons. The van der Waals surface area contributed by atoms with E-state index in [9.17, 15) is 4.79 Å². The van der Waals surface area contributed by atoms with Crippen LogP contribution < -0.4 is 0 Å². The Morgan fingerprint density at radius 1 is 1.35 bits per heavy atom. The Labute approximate surface area is 102 Å². The van der Waals surface area contributed by atoms with Crippen LogP contribution in [0.1, 0.15) is 6.42 Å².